The van der Waals surface area contributed by atoms with Crippen molar-refractivity contribution in [3.05, 3.63) is 40.1 Å². The van der Waals surface area contributed by atoms with Gasteiger partial charge >= 0.3 is 0 Å². The molecule has 5 nitrogen and oxygen atoms in total. The number of hydrazine groups is 1. The number of nitrogen functional groups attached to an aromatic ring is 1. The van der Waals surface area contributed by atoms with Crippen LogP contribution in [0.2, 0.25) is 5.02 Å². The van der Waals surface area contributed by atoms with Crippen molar-refractivity contribution in [1.29, 1.82) is 0 Å². The van der Waals surface area contributed by atoms with Gasteiger partial charge in [0.2, 0.25) is 0 Å². The number of nitrogens with zero attached hydrogens (tertiary/aromatic N) is 2. The molecule has 2 rings (SSSR count). The van der Waals surface area contributed by atoms with Crippen LogP contribution in [0.1, 0.15) is 0 Å². The highest BCUT2D eigenvalue weighted by Gasteiger charge is 2.01. The topological polar surface area (TPSA) is 75.9 Å². The van der Waals surface area contributed by atoms with Crippen LogP contribution in [0.5, 0.6) is 0 Å². The molecule has 0 radical (unpaired) electrons. The lowest BCUT2D eigenvalue weighted by Gasteiger charge is -2.07. The van der Waals surface area contributed by atoms with Crippen LogP contribution in [-0.2, 0) is 0 Å². The molecular weight excluding hydrogens is 306 g/mol. The maximum Gasteiger partial charge on any atom is 0.160 e. The van der Waals surface area contributed by atoms with Gasteiger partial charge in [-0.3, -0.25) is 4.98 Å². The van der Waals surface area contributed by atoms with Crippen LogP contribution in [0, 0.1) is 0 Å². The van der Waals surface area contributed by atoms with Gasteiger partial charge in [0.1, 0.15) is 0 Å². The fourth-order valence-electron chi connectivity index (χ4n) is 1.22. The Morgan fingerprint density at radius 1 is 1.24 bits per heavy atom. The summed E-state index contributed by atoms with van der Waals surface area (Å²) in [5, 5.41) is 3.74. The van der Waals surface area contributed by atoms with Gasteiger partial charge in [-0.1, -0.05) is 11.6 Å². The van der Waals surface area contributed by atoms with E-state index in [4.69, 9.17) is 17.4 Å². The molecule has 0 saturated carbocycles. The first-order valence-electron chi connectivity index (χ1n) is 4.70. The van der Waals surface area contributed by atoms with E-state index in [0.29, 0.717) is 16.7 Å². The van der Waals surface area contributed by atoms with Crippen LogP contribution in [0.4, 0.5) is 17.3 Å². The molecule has 0 amide bonds. The van der Waals surface area contributed by atoms with Crippen LogP contribution in [0.15, 0.2) is 35.1 Å². The predicted octanol–water partition coefficient (Wildman–Crippen LogP) is 2.92. The van der Waals surface area contributed by atoms with Crippen molar-refractivity contribution in [1.82, 2.24) is 9.97 Å². The zero-order chi connectivity index (χ0) is 12.3. The zero-order valence-corrected chi connectivity index (χ0v) is 11.0. The first-order chi connectivity index (χ1) is 8.19. The van der Waals surface area contributed by atoms with Gasteiger partial charge in [-0.05, 0) is 34.1 Å². The van der Waals surface area contributed by atoms with Gasteiger partial charge in [0, 0.05) is 10.2 Å². The van der Waals surface area contributed by atoms with Crippen LogP contribution in [0.25, 0.3) is 0 Å². The summed E-state index contributed by atoms with van der Waals surface area (Å²) >= 11 is 9.25. The predicted molar refractivity (Wildman–Crippen MR) is 72.3 cm³/mol. The molecule has 0 atom stereocenters. The summed E-state index contributed by atoms with van der Waals surface area (Å²) in [5.41, 5.74) is 3.28. The summed E-state index contributed by atoms with van der Waals surface area (Å²) in [5.74, 6) is 6.33. The molecule has 4 N–H and O–H groups in total. The van der Waals surface area contributed by atoms with Crippen molar-refractivity contribution < 1.29 is 0 Å². The summed E-state index contributed by atoms with van der Waals surface area (Å²) in [6.45, 7) is 0. The number of nitrogens with one attached hydrogen (secondary N) is 2. The number of benzene rings is 1. The minimum absolute atomic E-state index is 0.489. The lowest BCUT2D eigenvalue weighted by molar-refractivity contribution is 1.16. The SMILES string of the molecule is NNc1cncc(Nc2ccc(Cl)c(Br)c2)n1. The van der Waals surface area contributed by atoms with Gasteiger partial charge in [-0.15, -0.1) is 0 Å². The Morgan fingerprint density at radius 3 is 2.71 bits per heavy atom. The van der Waals surface area contributed by atoms with Gasteiger partial charge < -0.3 is 10.7 Å². The average molecular weight is 315 g/mol. The van der Waals surface area contributed by atoms with Gasteiger partial charge in [0.05, 0.1) is 17.4 Å². The standard InChI is InChI=1S/C10H9BrClN5/c11-7-3-6(1-2-8(7)12)15-9-4-14-5-10(16-9)17-13/h1-5H,13H2,(H2,15,16,17). The van der Waals surface area contributed by atoms with Crippen molar-refractivity contribution in [3.63, 3.8) is 0 Å². The molecule has 1 aromatic carbocycles. The Morgan fingerprint density at radius 2 is 2.00 bits per heavy atom. The molecule has 17 heavy (non-hydrogen) atoms. The van der Waals surface area contributed by atoms with E-state index >= 15 is 0 Å². The Balaban J connectivity index is 2.22. The molecule has 0 saturated heterocycles. The van der Waals surface area contributed by atoms with Gasteiger partial charge in [0.15, 0.2) is 11.6 Å². The van der Waals surface area contributed by atoms with Crippen molar-refractivity contribution >= 4 is 44.9 Å². The lowest BCUT2D eigenvalue weighted by Crippen LogP contribution is -2.09. The number of hydrogen-bond acceptors (Lipinski definition) is 5. The van der Waals surface area contributed by atoms with E-state index in [1.54, 1.807) is 12.3 Å². The molecule has 0 bridgehead atoms. The largest absolute Gasteiger partial charge is 0.339 e. The number of hydrogen-bond donors (Lipinski definition) is 3. The van der Waals surface area contributed by atoms with Crippen molar-refractivity contribution in [3.8, 4) is 0 Å². The third-order valence-corrected chi connectivity index (χ3v) is 3.19. The van der Waals surface area contributed by atoms with Crippen LogP contribution in [0.3, 0.4) is 0 Å². The maximum absolute atomic E-state index is 5.90. The normalized spacial score (nSPS) is 10.1. The Kier molecular flexibility index (Phi) is 3.78. The fraction of sp³-hybridized carbons (Fsp3) is 0. The highest BCUT2D eigenvalue weighted by atomic mass is 79.9. The van der Waals surface area contributed by atoms with Crippen LogP contribution in [-0.4, -0.2) is 9.97 Å². The average Bonchev–Trinajstić information content (AvgIpc) is 2.34. The molecule has 0 fully saturated rings. The van der Waals surface area contributed by atoms with Crippen molar-refractivity contribution in [2.45, 2.75) is 0 Å². The number of rotatable bonds is 3. The first kappa shape index (κ1) is 12.1. The lowest BCUT2D eigenvalue weighted by atomic mass is 10.3. The molecule has 0 unspecified atom stereocenters. The first-order valence-corrected chi connectivity index (χ1v) is 5.87. The third kappa shape index (κ3) is 3.06. The monoisotopic (exact) mass is 313 g/mol. The van der Waals surface area contributed by atoms with E-state index in [0.717, 1.165) is 10.2 Å². The van der Waals surface area contributed by atoms with Crippen LogP contribution < -0.4 is 16.6 Å². The molecule has 1 aromatic heterocycles. The second-order valence-corrected chi connectivity index (χ2v) is 4.45. The fourth-order valence-corrected chi connectivity index (χ4v) is 1.71. The summed E-state index contributed by atoms with van der Waals surface area (Å²) in [6.07, 6.45) is 3.13. The second-order valence-electron chi connectivity index (χ2n) is 3.19. The molecule has 2 aromatic rings. The highest BCUT2D eigenvalue weighted by molar-refractivity contribution is 9.10. The molecule has 7 heteroatoms. The van der Waals surface area contributed by atoms with Gasteiger partial charge in [0.25, 0.3) is 0 Å². The summed E-state index contributed by atoms with van der Waals surface area (Å²) in [7, 11) is 0. The minimum atomic E-state index is 0.489. The number of nitrogens with two attached hydrogens (primary N) is 1. The van der Waals surface area contributed by atoms with E-state index in [1.165, 1.54) is 6.20 Å². The molecule has 0 spiro atoms. The molecule has 1 heterocycles. The van der Waals surface area contributed by atoms with E-state index in [1.807, 2.05) is 12.1 Å². The quantitative estimate of drug-likeness (QED) is 0.600. The van der Waals surface area contributed by atoms with Gasteiger partial charge in [-0.2, -0.15) is 0 Å². The van der Waals surface area contributed by atoms with E-state index in [9.17, 15) is 0 Å². The van der Waals surface area contributed by atoms with Crippen molar-refractivity contribution in [2.24, 2.45) is 5.84 Å². The number of aromatic nitrogens is 2. The maximum atomic E-state index is 5.90. The summed E-state index contributed by atoms with van der Waals surface area (Å²) in [6, 6.07) is 5.48. The van der Waals surface area contributed by atoms with Gasteiger partial charge in [-0.25, -0.2) is 10.8 Å². The zero-order valence-electron chi connectivity index (χ0n) is 8.61. The number of anilines is 3. The molecular formula is C10H9BrClN5. The third-order valence-electron chi connectivity index (χ3n) is 1.97. The van der Waals surface area contributed by atoms with Crippen LogP contribution >= 0.6 is 27.5 Å². The highest BCUT2D eigenvalue weighted by Crippen LogP contribution is 2.26. The van der Waals surface area contributed by atoms with E-state index in [2.05, 4.69) is 36.6 Å². The smallest absolute Gasteiger partial charge is 0.160 e. The molecule has 0 aliphatic rings. The molecule has 0 aliphatic heterocycles. The summed E-state index contributed by atoms with van der Waals surface area (Å²) in [4.78, 5) is 8.17. The van der Waals surface area contributed by atoms with Crippen molar-refractivity contribution in [2.75, 3.05) is 10.7 Å². The Labute approximate surface area is 112 Å². The summed E-state index contributed by atoms with van der Waals surface area (Å²) < 4.78 is 0.810. The number of halogens is 2. The van der Waals surface area contributed by atoms with E-state index in [-0.39, 0.29) is 0 Å². The minimum Gasteiger partial charge on any atom is -0.339 e. The molecule has 88 valence electrons. The second kappa shape index (κ2) is 5.31. The molecule has 0 aliphatic carbocycles. The van der Waals surface area contributed by atoms with E-state index < -0.39 is 0 Å². The Bertz CT molecular complexity index is 534. The Hall–Kier alpha value is -1.37.